The molecule has 0 N–H and O–H groups in total. The van der Waals surface area contributed by atoms with Crippen LogP contribution in [0, 0.1) is 6.92 Å². The van der Waals surface area contributed by atoms with E-state index < -0.39 is 10.0 Å². The molecule has 1 fully saturated rings. The second-order valence-electron chi connectivity index (χ2n) is 5.92. The molecule has 1 aromatic carbocycles. The van der Waals surface area contributed by atoms with Crippen molar-refractivity contribution in [2.75, 3.05) is 26.2 Å². The summed E-state index contributed by atoms with van der Waals surface area (Å²) in [6.07, 6.45) is 0.612. The van der Waals surface area contributed by atoms with E-state index in [1.54, 1.807) is 42.2 Å². The van der Waals surface area contributed by atoms with Gasteiger partial charge in [-0.3, -0.25) is 4.79 Å². The molecule has 1 aromatic heterocycles. The number of sulfonamides is 1. The average Bonchev–Trinajstić information content (AvgIpc) is 3.02. The zero-order valence-electron chi connectivity index (χ0n) is 14.3. The van der Waals surface area contributed by atoms with Gasteiger partial charge in [0.1, 0.15) is 11.3 Å². The van der Waals surface area contributed by atoms with Gasteiger partial charge in [0.05, 0.1) is 10.6 Å². The number of hydrogen-bond acceptors (Lipinski definition) is 5. The third-order valence-corrected chi connectivity index (χ3v) is 6.30. The van der Waals surface area contributed by atoms with Gasteiger partial charge in [0.2, 0.25) is 10.0 Å². The predicted octanol–water partition coefficient (Wildman–Crippen LogP) is 1.69. The largest absolute Gasteiger partial charge is 0.361 e. The van der Waals surface area contributed by atoms with Crippen molar-refractivity contribution in [1.82, 2.24) is 14.4 Å². The number of carbonyl (C=O) groups is 1. The molecule has 0 radical (unpaired) electrons. The van der Waals surface area contributed by atoms with Crippen LogP contribution in [-0.4, -0.2) is 54.9 Å². The van der Waals surface area contributed by atoms with Gasteiger partial charge in [-0.25, -0.2) is 8.42 Å². The van der Waals surface area contributed by atoms with Crippen molar-refractivity contribution in [3.8, 4) is 0 Å². The first-order valence-corrected chi connectivity index (χ1v) is 9.68. The van der Waals surface area contributed by atoms with Crippen LogP contribution >= 0.6 is 0 Å². The molecule has 1 aliphatic heterocycles. The lowest BCUT2D eigenvalue weighted by Gasteiger charge is -2.34. The Hall–Kier alpha value is -2.19. The molecule has 1 aliphatic rings. The Labute approximate surface area is 147 Å². The maximum Gasteiger partial charge on any atom is 0.259 e. The zero-order chi connectivity index (χ0) is 18.0. The Bertz CT molecular complexity index is 853. The van der Waals surface area contributed by atoms with Gasteiger partial charge in [-0.1, -0.05) is 30.3 Å². The molecule has 25 heavy (non-hydrogen) atoms. The van der Waals surface area contributed by atoms with Crippen molar-refractivity contribution in [3.63, 3.8) is 0 Å². The van der Waals surface area contributed by atoms with Gasteiger partial charge in [-0.05, 0) is 25.5 Å². The molecule has 0 spiro atoms. The number of nitrogens with zero attached hydrogens (tertiary/aromatic N) is 3. The lowest BCUT2D eigenvalue weighted by molar-refractivity contribution is 0.0695. The van der Waals surface area contributed by atoms with Crippen molar-refractivity contribution in [2.24, 2.45) is 0 Å². The highest BCUT2D eigenvalue weighted by Gasteiger charge is 2.32. The second kappa shape index (κ2) is 6.97. The summed E-state index contributed by atoms with van der Waals surface area (Å²) in [5, 5.41) is 3.92. The Morgan fingerprint density at radius 1 is 1.16 bits per heavy atom. The zero-order valence-corrected chi connectivity index (χ0v) is 15.1. The molecule has 0 atom stereocenters. The fourth-order valence-electron chi connectivity index (χ4n) is 2.96. The summed E-state index contributed by atoms with van der Waals surface area (Å²) in [7, 11) is -3.52. The van der Waals surface area contributed by atoms with Crippen LogP contribution in [-0.2, 0) is 16.4 Å². The van der Waals surface area contributed by atoms with Gasteiger partial charge in [0.15, 0.2) is 0 Å². The highest BCUT2D eigenvalue weighted by atomic mass is 32.2. The van der Waals surface area contributed by atoms with Gasteiger partial charge in [-0.2, -0.15) is 4.31 Å². The van der Waals surface area contributed by atoms with E-state index in [9.17, 15) is 13.2 Å². The van der Waals surface area contributed by atoms with Crippen molar-refractivity contribution >= 4 is 15.9 Å². The number of benzene rings is 1. The van der Waals surface area contributed by atoms with E-state index in [0.717, 1.165) is 0 Å². The first-order chi connectivity index (χ1) is 11.9. The van der Waals surface area contributed by atoms with Crippen molar-refractivity contribution in [1.29, 1.82) is 0 Å². The van der Waals surface area contributed by atoms with E-state index in [-0.39, 0.29) is 23.9 Å². The Balaban J connectivity index is 1.72. The first kappa shape index (κ1) is 17.6. The van der Waals surface area contributed by atoms with Gasteiger partial charge < -0.3 is 9.42 Å². The highest BCUT2D eigenvalue weighted by molar-refractivity contribution is 7.89. The molecule has 0 aliphatic carbocycles. The normalized spacial score (nSPS) is 16.2. The lowest BCUT2D eigenvalue weighted by atomic mass is 10.1. The molecule has 0 unspecified atom stereocenters. The number of amides is 1. The van der Waals surface area contributed by atoms with Crippen LogP contribution in [0.2, 0.25) is 0 Å². The number of aryl methyl sites for hydroxylation is 2. The van der Waals surface area contributed by atoms with Crippen LogP contribution in [0.25, 0.3) is 0 Å². The van der Waals surface area contributed by atoms with E-state index >= 15 is 0 Å². The van der Waals surface area contributed by atoms with Crippen molar-refractivity contribution in [3.05, 3.63) is 47.3 Å². The number of rotatable bonds is 4. The van der Waals surface area contributed by atoms with E-state index in [4.69, 9.17) is 4.52 Å². The van der Waals surface area contributed by atoms with Crippen LogP contribution < -0.4 is 0 Å². The van der Waals surface area contributed by atoms with Crippen LogP contribution in [0.15, 0.2) is 39.8 Å². The van der Waals surface area contributed by atoms with Crippen LogP contribution in [0.1, 0.15) is 28.7 Å². The molecule has 7 nitrogen and oxygen atoms in total. The smallest absolute Gasteiger partial charge is 0.259 e. The monoisotopic (exact) mass is 363 g/mol. The molecule has 8 heteroatoms. The minimum Gasteiger partial charge on any atom is -0.361 e. The minimum atomic E-state index is -3.52. The van der Waals surface area contributed by atoms with Gasteiger partial charge >= 0.3 is 0 Å². The summed E-state index contributed by atoms with van der Waals surface area (Å²) in [5.41, 5.74) is 1.14. The van der Waals surface area contributed by atoms with E-state index in [1.807, 2.05) is 6.92 Å². The Morgan fingerprint density at radius 3 is 2.40 bits per heavy atom. The van der Waals surface area contributed by atoms with Gasteiger partial charge in [-0.15, -0.1) is 0 Å². The topological polar surface area (TPSA) is 83.7 Å². The summed E-state index contributed by atoms with van der Waals surface area (Å²) in [6, 6.07) is 8.35. The quantitative estimate of drug-likeness (QED) is 0.825. The number of aromatic nitrogens is 1. The summed E-state index contributed by atoms with van der Waals surface area (Å²) < 4.78 is 31.8. The van der Waals surface area contributed by atoms with Crippen LogP contribution in [0.4, 0.5) is 0 Å². The summed E-state index contributed by atoms with van der Waals surface area (Å²) >= 11 is 0. The highest BCUT2D eigenvalue weighted by Crippen LogP contribution is 2.20. The summed E-state index contributed by atoms with van der Waals surface area (Å²) in [6.45, 7) is 4.87. The molecular formula is C17H21N3O4S. The third kappa shape index (κ3) is 3.32. The molecule has 2 heterocycles. The number of hydrogen-bond donors (Lipinski definition) is 0. The minimum absolute atomic E-state index is 0.146. The molecule has 1 saturated heterocycles. The number of carbonyl (C=O) groups excluding carboxylic acids is 1. The van der Waals surface area contributed by atoms with Gasteiger partial charge in [0.25, 0.3) is 5.91 Å². The molecule has 134 valence electrons. The second-order valence-corrected chi connectivity index (χ2v) is 7.86. The molecule has 1 amide bonds. The average molecular weight is 363 g/mol. The Kier molecular flexibility index (Phi) is 4.91. The summed E-state index contributed by atoms with van der Waals surface area (Å²) in [4.78, 5) is 14.7. The third-order valence-electron chi connectivity index (χ3n) is 4.39. The molecular weight excluding hydrogens is 342 g/mol. The van der Waals surface area contributed by atoms with Crippen molar-refractivity contribution < 1.29 is 17.7 Å². The fraction of sp³-hybridized carbons (Fsp3) is 0.412. The maximum absolute atomic E-state index is 12.7. The standard InChI is InChI=1S/C17H21N3O4S/c1-3-15-16(13(2)24-18-15)17(21)19-9-11-20(12-10-19)25(22,23)14-7-5-4-6-8-14/h4-8H,3,9-12H2,1-2H3. The first-order valence-electron chi connectivity index (χ1n) is 8.24. The Morgan fingerprint density at radius 2 is 1.80 bits per heavy atom. The summed E-state index contributed by atoms with van der Waals surface area (Å²) in [5.74, 6) is 0.355. The van der Waals surface area contributed by atoms with Crippen LogP contribution in [0.3, 0.4) is 0 Å². The van der Waals surface area contributed by atoms with Gasteiger partial charge in [0, 0.05) is 26.2 Å². The molecule has 3 rings (SSSR count). The maximum atomic E-state index is 12.7. The SMILES string of the molecule is CCc1noc(C)c1C(=O)N1CCN(S(=O)(=O)c2ccccc2)CC1. The van der Waals surface area contributed by atoms with E-state index in [1.165, 1.54) is 4.31 Å². The fourth-order valence-corrected chi connectivity index (χ4v) is 4.41. The molecule has 0 saturated carbocycles. The molecule has 2 aromatic rings. The van der Waals surface area contributed by atoms with E-state index in [0.29, 0.717) is 36.5 Å². The van der Waals surface area contributed by atoms with Crippen molar-refractivity contribution in [2.45, 2.75) is 25.2 Å². The lowest BCUT2D eigenvalue weighted by Crippen LogP contribution is -2.50. The van der Waals surface area contributed by atoms with E-state index in [2.05, 4.69) is 5.16 Å². The van der Waals surface area contributed by atoms with Crippen LogP contribution in [0.5, 0.6) is 0 Å². The number of piperazine rings is 1. The molecule has 0 bridgehead atoms. The predicted molar refractivity (Wildman–Crippen MR) is 91.7 cm³/mol.